The van der Waals surface area contributed by atoms with Crippen molar-refractivity contribution in [3.8, 4) is 5.88 Å². The van der Waals surface area contributed by atoms with E-state index in [2.05, 4.69) is 27.5 Å². The number of carbonyl (C=O) groups excluding carboxylic acids is 4. The summed E-state index contributed by atoms with van der Waals surface area (Å²) in [4.78, 5) is 59.8. The van der Waals surface area contributed by atoms with Gasteiger partial charge in [0.05, 0.1) is 13.2 Å². The topological polar surface area (TPSA) is 139 Å². The summed E-state index contributed by atoms with van der Waals surface area (Å²) in [6, 6.07) is 5.58. The van der Waals surface area contributed by atoms with Crippen LogP contribution in [0.1, 0.15) is 52.0 Å². The van der Waals surface area contributed by atoms with Crippen LogP contribution in [0.4, 0.5) is 4.79 Å². The summed E-state index contributed by atoms with van der Waals surface area (Å²) in [6.07, 6.45) is 6.03. The first-order valence-corrected chi connectivity index (χ1v) is 15.6. The highest BCUT2D eigenvalue weighted by Gasteiger charge is 2.60. The van der Waals surface area contributed by atoms with Gasteiger partial charge < -0.3 is 30.3 Å². The van der Waals surface area contributed by atoms with Crippen molar-refractivity contribution >= 4 is 52.3 Å². The number of hydrogen-bond donors (Lipinski definition) is 3. The van der Waals surface area contributed by atoms with Crippen molar-refractivity contribution in [3.63, 3.8) is 0 Å². The van der Waals surface area contributed by atoms with Crippen LogP contribution in [0, 0.1) is 11.3 Å². The molecule has 5 rings (SSSR count). The third kappa shape index (κ3) is 6.78. The third-order valence-corrected chi connectivity index (χ3v) is 8.82. The lowest BCUT2D eigenvalue weighted by Gasteiger charge is -2.35. The number of carbonyl (C=O) groups is 4. The highest BCUT2D eigenvalue weighted by molar-refractivity contribution is 6.30. The summed E-state index contributed by atoms with van der Waals surface area (Å²) in [7, 11) is 1.51. The maximum Gasteiger partial charge on any atom is 0.407 e. The quantitative estimate of drug-likeness (QED) is 0.340. The number of fused-ring (bicyclic) bond motifs is 3. The Balaban J connectivity index is 1.53. The van der Waals surface area contributed by atoms with Crippen molar-refractivity contribution in [2.45, 2.75) is 70.2 Å². The molecule has 1 saturated carbocycles. The molecule has 0 radical (unpaired) electrons. The number of likely N-dealkylation sites (N-methyl/N-ethyl adjacent to an activating group) is 1. The van der Waals surface area contributed by atoms with E-state index in [0.29, 0.717) is 19.3 Å². The van der Waals surface area contributed by atoms with E-state index in [1.165, 1.54) is 11.9 Å². The number of nitrogens with zero attached hydrogens (tertiary/aromatic N) is 2. The van der Waals surface area contributed by atoms with Gasteiger partial charge in [-0.2, -0.15) is 0 Å². The van der Waals surface area contributed by atoms with Crippen molar-refractivity contribution in [2.75, 3.05) is 20.2 Å². The van der Waals surface area contributed by atoms with Gasteiger partial charge in [0.1, 0.15) is 28.9 Å². The molecule has 12 heteroatoms. The lowest BCUT2D eigenvalue weighted by Crippen LogP contribution is -2.59. The molecular formula is C33H40ClN5O6. The predicted molar refractivity (Wildman–Crippen MR) is 171 cm³/mol. The summed E-state index contributed by atoms with van der Waals surface area (Å²) in [5, 5.41) is 10.1. The van der Waals surface area contributed by atoms with E-state index < -0.39 is 47.0 Å². The Bertz CT molecular complexity index is 1550. The molecule has 240 valence electrons. The minimum absolute atomic E-state index is 0.0351. The molecule has 0 spiro atoms. The molecule has 45 heavy (non-hydrogen) atoms. The number of alkyl carbamates (subject to hydrolysis) is 1. The molecule has 2 aliphatic heterocycles. The predicted octanol–water partition coefficient (Wildman–Crippen LogP) is 3.99. The number of halogens is 1. The molecule has 4 bridgehead atoms. The number of benzene rings is 1. The average Bonchev–Trinajstić information content (AvgIpc) is 3.54. The number of hydrogen-bond acceptors (Lipinski definition) is 7. The number of nitrogens with one attached hydrogen (secondary N) is 3. The van der Waals surface area contributed by atoms with Gasteiger partial charge in [0, 0.05) is 24.8 Å². The van der Waals surface area contributed by atoms with E-state index in [9.17, 15) is 19.2 Å². The highest BCUT2D eigenvalue weighted by atomic mass is 35.5. The number of cyclic esters (lactones) is 1. The molecule has 1 aromatic heterocycles. The van der Waals surface area contributed by atoms with Crippen LogP contribution in [0.2, 0.25) is 5.15 Å². The van der Waals surface area contributed by atoms with Gasteiger partial charge in [-0.05, 0) is 47.8 Å². The van der Waals surface area contributed by atoms with E-state index >= 15 is 0 Å². The molecule has 1 aliphatic carbocycles. The zero-order valence-electron chi connectivity index (χ0n) is 26.0. The summed E-state index contributed by atoms with van der Waals surface area (Å²) in [5.41, 5.74) is -0.951. The number of pyridine rings is 1. The van der Waals surface area contributed by atoms with Crippen molar-refractivity contribution in [1.82, 2.24) is 25.8 Å². The summed E-state index contributed by atoms with van der Waals surface area (Å²) in [6.45, 7) is 9.48. The molecule has 11 nitrogen and oxygen atoms in total. The van der Waals surface area contributed by atoms with Crippen LogP contribution in [-0.2, 0) is 19.1 Å². The molecule has 4 amide bonds. The number of amides is 4. The average molecular weight is 638 g/mol. The Morgan fingerprint density at radius 1 is 1.24 bits per heavy atom. The number of rotatable bonds is 4. The second kappa shape index (κ2) is 12.7. The normalized spacial score (nSPS) is 27.8. The highest BCUT2D eigenvalue weighted by Crippen LogP contribution is 2.45. The van der Waals surface area contributed by atoms with E-state index in [1.807, 2.05) is 51.1 Å². The van der Waals surface area contributed by atoms with Gasteiger partial charge in [0.15, 0.2) is 0 Å². The summed E-state index contributed by atoms with van der Waals surface area (Å²) >= 11 is 6.37. The lowest BCUT2D eigenvalue weighted by molar-refractivity contribution is -0.143. The summed E-state index contributed by atoms with van der Waals surface area (Å²) in [5.74, 6) is -1.26. The Morgan fingerprint density at radius 3 is 2.71 bits per heavy atom. The largest absolute Gasteiger partial charge is 0.472 e. The molecule has 2 aromatic rings. The second-order valence-corrected chi connectivity index (χ2v) is 13.3. The Hall–Kier alpha value is -4.12. The molecule has 3 N–H and O–H groups in total. The maximum absolute atomic E-state index is 14.3. The van der Waals surface area contributed by atoms with Gasteiger partial charge in [0.25, 0.3) is 0 Å². The number of ether oxygens (including phenoxy) is 2. The van der Waals surface area contributed by atoms with Gasteiger partial charge in [0.2, 0.25) is 23.6 Å². The Labute approximate surface area is 267 Å². The first-order valence-electron chi connectivity index (χ1n) is 15.2. The summed E-state index contributed by atoms with van der Waals surface area (Å²) < 4.78 is 11.8. The third-order valence-electron chi connectivity index (χ3n) is 8.63. The minimum Gasteiger partial charge on any atom is -0.472 e. The van der Waals surface area contributed by atoms with Gasteiger partial charge in [-0.1, -0.05) is 62.7 Å². The smallest absolute Gasteiger partial charge is 0.407 e. The molecular weight excluding hydrogens is 598 g/mol. The maximum atomic E-state index is 14.3. The van der Waals surface area contributed by atoms with Gasteiger partial charge in [-0.15, -0.1) is 6.58 Å². The minimum atomic E-state index is -1.15. The molecule has 3 unspecified atom stereocenters. The van der Waals surface area contributed by atoms with Gasteiger partial charge >= 0.3 is 6.09 Å². The van der Waals surface area contributed by atoms with Crippen LogP contribution in [0.25, 0.3) is 16.8 Å². The molecule has 5 atom stereocenters. The Morgan fingerprint density at radius 2 is 2.02 bits per heavy atom. The second-order valence-electron chi connectivity index (χ2n) is 12.9. The Kier molecular flexibility index (Phi) is 9.11. The number of allylic oxidation sites excluding steroid dienone is 1. The van der Waals surface area contributed by atoms with Crippen LogP contribution in [0.5, 0.6) is 5.88 Å². The van der Waals surface area contributed by atoms with Crippen molar-refractivity contribution in [3.05, 3.63) is 53.7 Å². The van der Waals surface area contributed by atoms with Crippen LogP contribution < -0.4 is 20.7 Å². The van der Waals surface area contributed by atoms with E-state index in [4.69, 9.17) is 21.1 Å². The standard InChI is InChI=1S/C33H40ClN5O6/c1-6-21-17-33(21,30(42)35-5)38-27(40)24-16-22-18-39(24)29(41)26(32(2,3)4)37-31(43)44-13-9-7-8-10-19-11-12-20-15-25(34)36-28(45-22)23(20)14-19/h6,8,10-12,14-15,21-22,24,26H,1,7,9,13,16-18H2,2-5H3,(H,35,42)(H,37,43)(H,38,40)/b10-8+/t21-,22?,24?,26?,33-/m1/s1. The molecule has 1 aromatic carbocycles. The van der Waals surface area contributed by atoms with Gasteiger partial charge in [-0.3, -0.25) is 14.4 Å². The van der Waals surface area contributed by atoms with Gasteiger partial charge in [-0.25, -0.2) is 9.78 Å². The fourth-order valence-corrected chi connectivity index (χ4v) is 6.24. The van der Waals surface area contributed by atoms with E-state index in [1.54, 1.807) is 12.1 Å². The SMILES string of the molecule is C=C[C@@H]1C[C@]1(NC(=O)C1CC2CN1C(=O)C(C(C)(C)C)NC(=O)OCCC/C=C/c1ccc3cc(Cl)nc(c3c1)O2)C(=O)NC. The molecule has 3 heterocycles. The zero-order chi connectivity index (χ0) is 32.5. The van der Waals surface area contributed by atoms with Crippen LogP contribution in [-0.4, -0.2) is 77.6 Å². The van der Waals surface area contributed by atoms with Crippen LogP contribution >= 0.6 is 11.6 Å². The van der Waals surface area contributed by atoms with E-state index in [0.717, 1.165) is 16.3 Å². The van der Waals surface area contributed by atoms with Crippen molar-refractivity contribution in [2.24, 2.45) is 11.3 Å². The first-order chi connectivity index (χ1) is 21.4. The molecule has 3 aliphatic rings. The fourth-order valence-electron chi connectivity index (χ4n) is 6.05. The fraction of sp³-hybridized carbons (Fsp3) is 0.485. The zero-order valence-corrected chi connectivity index (χ0v) is 26.8. The molecule has 2 fully saturated rings. The van der Waals surface area contributed by atoms with Crippen LogP contribution in [0.3, 0.4) is 0 Å². The monoisotopic (exact) mass is 637 g/mol. The van der Waals surface area contributed by atoms with Crippen molar-refractivity contribution < 1.29 is 28.7 Å². The lowest BCUT2D eigenvalue weighted by atomic mass is 9.85. The molecule has 1 saturated heterocycles. The number of aromatic nitrogens is 1. The van der Waals surface area contributed by atoms with E-state index in [-0.39, 0.29) is 42.4 Å². The van der Waals surface area contributed by atoms with Crippen molar-refractivity contribution in [1.29, 1.82) is 0 Å². The van der Waals surface area contributed by atoms with Crippen LogP contribution in [0.15, 0.2) is 43.0 Å². The first kappa shape index (κ1) is 32.3.